The van der Waals surface area contributed by atoms with E-state index < -0.39 is 6.04 Å². The summed E-state index contributed by atoms with van der Waals surface area (Å²) in [6.45, 7) is 6.06. The van der Waals surface area contributed by atoms with Gasteiger partial charge in [0.25, 0.3) is 0 Å². The average Bonchev–Trinajstić information content (AvgIpc) is 3.03. The van der Waals surface area contributed by atoms with E-state index in [1.165, 1.54) is 6.08 Å². The fourth-order valence-corrected chi connectivity index (χ4v) is 2.44. The van der Waals surface area contributed by atoms with Gasteiger partial charge in [0.05, 0.1) is 0 Å². The summed E-state index contributed by atoms with van der Waals surface area (Å²) in [6, 6.07) is 12.3. The first-order valence-corrected chi connectivity index (χ1v) is 8.42. The molecule has 1 aromatic heterocycles. The number of benzene rings is 1. The minimum atomic E-state index is -0.573. The van der Waals surface area contributed by atoms with Crippen molar-refractivity contribution in [3.05, 3.63) is 60.1 Å². The minimum Gasteiger partial charge on any atom is -0.462 e. The normalized spacial score (nSPS) is 12.1. The van der Waals surface area contributed by atoms with Gasteiger partial charge >= 0.3 is 0 Å². The van der Waals surface area contributed by atoms with Crippen molar-refractivity contribution in [1.29, 1.82) is 0 Å². The first-order chi connectivity index (χ1) is 12.0. The Bertz CT molecular complexity index is 734. The summed E-state index contributed by atoms with van der Waals surface area (Å²) in [6.07, 6.45) is 3.84. The SMILES string of the molecule is CCCN(C(=O)/C=C/c1ccc(C)o1)[C@H](C)C(=O)Nc1ccccc1. The first kappa shape index (κ1) is 18.5. The van der Waals surface area contributed by atoms with Crippen LogP contribution in [0.1, 0.15) is 31.8 Å². The van der Waals surface area contributed by atoms with Gasteiger partial charge in [-0.25, -0.2) is 0 Å². The Balaban J connectivity index is 2.05. The van der Waals surface area contributed by atoms with Crippen molar-refractivity contribution in [2.45, 2.75) is 33.2 Å². The number of carbonyl (C=O) groups excluding carboxylic acids is 2. The number of amides is 2. The van der Waals surface area contributed by atoms with Crippen LogP contribution in [0.5, 0.6) is 0 Å². The molecule has 1 heterocycles. The molecule has 5 heteroatoms. The van der Waals surface area contributed by atoms with Crippen molar-refractivity contribution in [3.63, 3.8) is 0 Å². The Morgan fingerprint density at radius 2 is 1.92 bits per heavy atom. The molecule has 0 unspecified atom stereocenters. The Labute approximate surface area is 148 Å². The van der Waals surface area contributed by atoms with Gasteiger partial charge in [0.1, 0.15) is 17.6 Å². The monoisotopic (exact) mass is 340 g/mol. The molecule has 1 atom stereocenters. The van der Waals surface area contributed by atoms with Crippen molar-refractivity contribution in [2.75, 3.05) is 11.9 Å². The lowest BCUT2D eigenvalue weighted by molar-refractivity contribution is -0.134. The van der Waals surface area contributed by atoms with E-state index in [9.17, 15) is 9.59 Å². The molecule has 0 bridgehead atoms. The molecule has 25 heavy (non-hydrogen) atoms. The number of carbonyl (C=O) groups is 2. The third kappa shape index (κ3) is 5.35. The first-order valence-electron chi connectivity index (χ1n) is 8.42. The molecular weight excluding hydrogens is 316 g/mol. The lowest BCUT2D eigenvalue weighted by atomic mass is 10.2. The maximum atomic E-state index is 12.5. The van der Waals surface area contributed by atoms with Crippen LogP contribution in [0.3, 0.4) is 0 Å². The predicted molar refractivity (Wildman–Crippen MR) is 99.0 cm³/mol. The van der Waals surface area contributed by atoms with E-state index in [4.69, 9.17) is 4.42 Å². The molecule has 0 radical (unpaired) electrons. The van der Waals surface area contributed by atoms with Gasteiger partial charge in [-0.2, -0.15) is 0 Å². The zero-order valence-electron chi connectivity index (χ0n) is 14.9. The molecule has 2 aromatic rings. The highest BCUT2D eigenvalue weighted by Gasteiger charge is 2.24. The highest BCUT2D eigenvalue weighted by Crippen LogP contribution is 2.11. The van der Waals surface area contributed by atoms with E-state index in [-0.39, 0.29) is 11.8 Å². The topological polar surface area (TPSA) is 62.6 Å². The molecule has 0 saturated carbocycles. The van der Waals surface area contributed by atoms with Crippen molar-refractivity contribution in [2.24, 2.45) is 0 Å². The average molecular weight is 340 g/mol. The van der Waals surface area contributed by atoms with Gasteiger partial charge in [-0.05, 0) is 50.6 Å². The summed E-state index contributed by atoms with van der Waals surface area (Å²) in [5.74, 6) is 0.971. The van der Waals surface area contributed by atoms with Gasteiger partial charge in [0.2, 0.25) is 11.8 Å². The number of para-hydroxylation sites is 1. The Hall–Kier alpha value is -2.82. The highest BCUT2D eigenvalue weighted by molar-refractivity contribution is 5.99. The molecule has 0 saturated heterocycles. The van der Waals surface area contributed by atoms with Crippen molar-refractivity contribution in [3.8, 4) is 0 Å². The van der Waals surface area contributed by atoms with Crippen LogP contribution in [0.15, 0.2) is 53.0 Å². The second-order valence-corrected chi connectivity index (χ2v) is 5.84. The fraction of sp³-hybridized carbons (Fsp3) is 0.300. The summed E-state index contributed by atoms with van der Waals surface area (Å²) >= 11 is 0. The van der Waals surface area contributed by atoms with E-state index in [0.29, 0.717) is 18.0 Å². The largest absolute Gasteiger partial charge is 0.462 e. The number of anilines is 1. The molecular formula is C20H24N2O3. The Morgan fingerprint density at radius 1 is 1.20 bits per heavy atom. The van der Waals surface area contributed by atoms with Gasteiger partial charge in [0, 0.05) is 18.3 Å². The molecule has 1 N–H and O–H groups in total. The second-order valence-electron chi connectivity index (χ2n) is 5.84. The molecule has 1 aromatic carbocycles. The summed E-state index contributed by atoms with van der Waals surface area (Å²) < 4.78 is 5.42. The van der Waals surface area contributed by atoms with Crippen molar-refractivity contribution >= 4 is 23.6 Å². The zero-order valence-corrected chi connectivity index (χ0v) is 14.9. The van der Waals surface area contributed by atoms with Gasteiger partial charge in [0.15, 0.2) is 0 Å². The van der Waals surface area contributed by atoms with Crippen LogP contribution in [-0.2, 0) is 9.59 Å². The maximum Gasteiger partial charge on any atom is 0.247 e. The number of nitrogens with one attached hydrogen (secondary N) is 1. The summed E-state index contributed by atoms with van der Waals surface area (Å²) in [7, 11) is 0. The van der Waals surface area contributed by atoms with Gasteiger partial charge in [-0.1, -0.05) is 25.1 Å². The Kier molecular flexibility index (Phi) is 6.57. The van der Waals surface area contributed by atoms with Crippen LogP contribution in [0, 0.1) is 6.92 Å². The lowest BCUT2D eigenvalue weighted by Crippen LogP contribution is -2.45. The number of nitrogens with zero attached hydrogens (tertiary/aromatic N) is 1. The summed E-state index contributed by atoms with van der Waals surface area (Å²) in [4.78, 5) is 26.6. The van der Waals surface area contributed by atoms with Crippen molar-refractivity contribution < 1.29 is 14.0 Å². The van der Waals surface area contributed by atoms with E-state index in [1.54, 1.807) is 24.0 Å². The Morgan fingerprint density at radius 3 is 2.52 bits per heavy atom. The third-order valence-electron chi connectivity index (χ3n) is 3.79. The van der Waals surface area contributed by atoms with E-state index in [0.717, 1.165) is 12.2 Å². The third-order valence-corrected chi connectivity index (χ3v) is 3.79. The van der Waals surface area contributed by atoms with E-state index >= 15 is 0 Å². The summed E-state index contributed by atoms with van der Waals surface area (Å²) in [5, 5.41) is 2.84. The molecule has 0 aliphatic heterocycles. The van der Waals surface area contributed by atoms with Crippen LogP contribution in [0.25, 0.3) is 6.08 Å². The smallest absolute Gasteiger partial charge is 0.247 e. The van der Waals surface area contributed by atoms with E-state index in [2.05, 4.69) is 5.32 Å². The van der Waals surface area contributed by atoms with Crippen LogP contribution >= 0.6 is 0 Å². The number of hydrogen-bond donors (Lipinski definition) is 1. The zero-order chi connectivity index (χ0) is 18.2. The molecule has 0 aliphatic rings. The highest BCUT2D eigenvalue weighted by atomic mass is 16.3. The summed E-state index contributed by atoms with van der Waals surface area (Å²) in [5.41, 5.74) is 0.713. The van der Waals surface area contributed by atoms with Crippen LogP contribution in [0.2, 0.25) is 0 Å². The maximum absolute atomic E-state index is 12.5. The molecule has 5 nitrogen and oxygen atoms in total. The number of aryl methyl sites for hydroxylation is 1. The fourth-order valence-electron chi connectivity index (χ4n) is 2.44. The number of rotatable bonds is 7. The molecule has 0 fully saturated rings. The quantitative estimate of drug-likeness (QED) is 0.778. The second kappa shape index (κ2) is 8.87. The molecule has 2 rings (SSSR count). The molecule has 2 amide bonds. The number of hydrogen-bond acceptors (Lipinski definition) is 3. The molecule has 0 aliphatic carbocycles. The van der Waals surface area contributed by atoms with Crippen LogP contribution < -0.4 is 5.32 Å². The van der Waals surface area contributed by atoms with Gasteiger partial charge in [-0.15, -0.1) is 0 Å². The van der Waals surface area contributed by atoms with E-state index in [1.807, 2.05) is 50.2 Å². The minimum absolute atomic E-state index is 0.213. The lowest BCUT2D eigenvalue weighted by Gasteiger charge is -2.27. The van der Waals surface area contributed by atoms with Crippen molar-refractivity contribution in [1.82, 2.24) is 4.90 Å². The van der Waals surface area contributed by atoms with Crippen LogP contribution in [-0.4, -0.2) is 29.3 Å². The standard InChI is InChI=1S/C20H24N2O3/c1-4-14-22(19(23)13-12-18-11-10-15(2)25-18)16(3)20(24)21-17-8-6-5-7-9-17/h5-13,16H,4,14H2,1-3H3,(H,21,24)/b13-12+/t16-/m1/s1. The van der Waals surface area contributed by atoms with Gasteiger partial charge in [-0.3, -0.25) is 9.59 Å². The predicted octanol–water partition coefficient (Wildman–Crippen LogP) is 3.87. The molecule has 0 spiro atoms. The number of furan rings is 1. The van der Waals surface area contributed by atoms with Crippen LogP contribution in [0.4, 0.5) is 5.69 Å². The molecule has 132 valence electrons. The van der Waals surface area contributed by atoms with Gasteiger partial charge < -0.3 is 14.6 Å².